The van der Waals surface area contributed by atoms with Crippen LogP contribution in [0.2, 0.25) is 0 Å². The van der Waals surface area contributed by atoms with Crippen LogP contribution in [0.15, 0.2) is 18.3 Å². The fourth-order valence-electron chi connectivity index (χ4n) is 7.68. The zero-order chi connectivity index (χ0) is 44.6. The van der Waals surface area contributed by atoms with Crippen LogP contribution in [-0.4, -0.2) is 67.5 Å². The number of halogens is 1. The molecule has 9 nitrogen and oxygen atoms in total. The molecule has 1 unspecified atom stereocenters. The standard InChI is InChI=1S/C51H93FN3O6P/c1-5-8-11-14-17-20-23-26-29-32-35-59-49-42-47(44-55-45-48(53-54-55)46-58-39-38-57-40-41-62(4,52)56)43-50(60-36-33-30-27-24-21-18-15-12-9-6-2)51(49)61-37-34-31-28-25-22-19-16-13-10-7-3/h42-43,45H,5-41,44,46H2,1-4H3. The van der Waals surface area contributed by atoms with Crippen LogP contribution < -0.4 is 14.2 Å². The van der Waals surface area contributed by atoms with Crippen LogP contribution in [0, 0.1) is 0 Å². The van der Waals surface area contributed by atoms with Crippen molar-refractivity contribution >= 4 is 7.45 Å². The summed E-state index contributed by atoms with van der Waals surface area (Å²) in [6, 6.07) is 4.19. The molecule has 11 heteroatoms. The summed E-state index contributed by atoms with van der Waals surface area (Å²) in [5.41, 5.74) is 1.72. The average molecular weight is 894 g/mol. The monoisotopic (exact) mass is 894 g/mol. The highest BCUT2D eigenvalue weighted by atomic mass is 31.2. The van der Waals surface area contributed by atoms with E-state index < -0.39 is 7.45 Å². The van der Waals surface area contributed by atoms with Crippen molar-refractivity contribution in [2.45, 2.75) is 227 Å². The van der Waals surface area contributed by atoms with Crippen LogP contribution in [0.4, 0.5) is 4.20 Å². The summed E-state index contributed by atoms with van der Waals surface area (Å²) in [4.78, 5) is 0. The molecule has 0 bridgehead atoms. The molecule has 0 amide bonds. The van der Waals surface area contributed by atoms with Crippen LogP contribution in [0.5, 0.6) is 17.2 Å². The highest BCUT2D eigenvalue weighted by molar-refractivity contribution is 7.57. The fourth-order valence-corrected chi connectivity index (χ4v) is 8.13. The lowest BCUT2D eigenvalue weighted by Crippen LogP contribution is -2.08. The molecule has 2 aromatic rings. The van der Waals surface area contributed by atoms with E-state index >= 15 is 0 Å². The first kappa shape index (κ1) is 56.0. The van der Waals surface area contributed by atoms with E-state index in [0.29, 0.717) is 45.3 Å². The molecule has 0 spiro atoms. The van der Waals surface area contributed by atoms with Crippen molar-refractivity contribution < 1.29 is 32.4 Å². The van der Waals surface area contributed by atoms with E-state index in [4.69, 9.17) is 23.7 Å². The minimum atomic E-state index is -3.56. The summed E-state index contributed by atoms with van der Waals surface area (Å²) in [5.74, 6) is 2.23. The van der Waals surface area contributed by atoms with Gasteiger partial charge in [-0.2, -0.15) is 4.20 Å². The van der Waals surface area contributed by atoms with Crippen molar-refractivity contribution in [1.29, 1.82) is 0 Å². The lowest BCUT2D eigenvalue weighted by atomic mass is 10.1. The van der Waals surface area contributed by atoms with Crippen molar-refractivity contribution in [3.05, 3.63) is 29.6 Å². The summed E-state index contributed by atoms with van der Waals surface area (Å²) >= 11 is 0. The molecule has 1 atom stereocenters. The molecule has 0 radical (unpaired) electrons. The van der Waals surface area contributed by atoms with Gasteiger partial charge in [-0.15, -0.1) is 5.10 Å². The summed E-state index contributed by atoms with van der Waals surface area (Å²) in [5, 5.41) is 8.72. The quantitative estimate of drug-likeness (QED) is 0.0479. The Labute approximate surface area is 379 Å². The second kappa shape index (κ2) is 39.2. The minimum absolute atomic E-state index is 0.0775. The Bertz CT molecular complexity index is 1310. The molecule has 0 aliphatic carbocycles. The molecule has 2 rings (SSSR count). The fraction of sp³-hybridized carbons (Fsp3) is 0.843. The summed E-state index contributed by atoms with van der Waals surface area (Å²) in [6.07, 6.45) is 40.3. The first-order valence-electron chi connectivity index (χ1n) is 25.7. The van der Waals surface area contributed by atoms with Crippen molar-refractivity contribution in [2.75, 3.05) is 52.5 Å². The highest BCUT2D eigenvalue weighted by Gasteiger charge is 2.17. The predicted molar refractivity (Wildman–Crippen MR) is 258 cm³/mol. The van der Waals surface area contributed by atoms with Crippen LogP contribution in [0.25, 0.3) is 0 Å². The number of nitrogens with zero attached hydrogens (tertiary/aromatic N) is 3. The normalized spacial score (nSPS) is 12.5. The smallest absolute Gasteiger partial charge is 0.243 e. The molecule has 0 aliphatic heterocycles. The molecule has 1 aromatic carbocycles. The van der Waals surface area contributed by atoms with E-state index in [-0.39, 0.29) is 19.4 Å². The molecule has 0 fully saturated rings. The zero-order valence-electron chi connectivity index (χ0n) is 40.4. The van der Waals surface area contributed by atoms with Gasteiger partial charge in [-0.05, 0) is 37.0 Å². The summed E-state index contributed by atoms with van der Waals surface area (Å²) in [6.45, 7) is 11.4. The molecule has 0 N–H and O–H groups in total. The Kier molecular flexibility index (Phi) is 35.4. The van der Waals surface area contributed by atoms with Crippen molar-refractivity contribution in [1.82, 2.24) is 15.0 Å². The van der Waals surface area contributed by atoms with Gasteiger partial charge in [0.25, 0.3) is 0 Å². The topological polar surface area (TPSA) is 93.9 Å². The lowest BCUT2D eigenvalue weighted by molar-refractivity contribution is 0.0444. The molecule has 62 heavy (non-hydrogen) atoms. The van der Waals surface area contributed by atoms with E-state index in [1.807, 2.05) is 10.9 Å². The Morgan fingerprint density at radius 2 is 0.903 bits per heavy atom. The number of rotatable bonds is 46. The van der Waals surface area contributed by atoms with E-state index in [9.17, 15) is 8.76 Å². The highest BCUT2D eigenvalue weighted by Crippen LogP contribution is 2.42. The average Bonchev–Trinajstić information content (AvgIpc) is 3.70. The van der Waals surface area contributed by atoms with E-state index in [1.165, 1.54) is 173 Å². The number of benzene rings is 1. The van der Waals surface area contributed by atoms with Gasteiger partial charge >= 0.3 is 0 Å². The van der Waals surface area contributed by atoms with E-state index in [1.54, 1.807) is 0 Å². The van der Waals surface area contributed by atoms with Gasteiger partial charge in [-0.3, -0.25) is 4.57 Å². The SMILES string of the molecule is CCCCCCCCCCCCOc1cc(Cn2cc(COCCOCCP(C)(=O)F)nn2)cc(OCCCCCCCCCCCC)c1OCCCCCCCCCCCC. The largest absolute Gasteiger partial charge is 0.490 e. The predicted octanol–water partition coefficient (Wildman–Crippen LogP) is 15.6. The first-order chi connectivity index (χ1) is 30.4. The van der Waals surface area contributed by atoms with Gasteiger partial charge in [0.15, 0.2) is 11.5 Å². The van der Waals surface area contributed by atoms with Crippen LogP contribution in [0.1, 0.15) is 225 Å². The van der Waals surface area contributed by atoms with Crippen molar-refractivity contribution in [2.24, 2.45) is 0 Å². The molecule has 0 aliphatic rings. The van der Waals surface area contributed by atoms with Crippen LogP contribution in [0.3, 0.4) is 0 Å². The molecular formula is C51H93FN3O6P. The Morgan fingerprint density at radius 1 is 0.516 bits per heavy atom. The van der Waals surface area contributed by atoms with Gasteiger partial charge in [0, 0.05) is 6.66 Å². The van der Waals surface area contributed by atoms with Crippen molar-refractivity contribution in [3.63, 3.8) is 0 Å². The Morgan fingerprint density at radius 3 is 1.32 bits per heavy atom. The van der Waals surface area contributed by atoms with Crippen LogP contribution >= 0.6 is 7.45 Å². The van der Waals surface area contributed by atoms with Gasteiger partial charge in [0.1, 0.15) is 5.69 Å². The number of unbranched alkanes of at least 4 members (excludes halogenated alkanes) is 27. The summed E-state index contributed by atoms with van der Waals surface area (Å²) in [7, 11) is -3.56. The first-order valence-corrected chi connectivity index (χ1v) is 27.9. The second-order valence-electron chi connectivity index (χ2n) is 17.8. The van der Waals surface area contributed by atoms with Crippen molar-refractivity contribution in [3.8, 4) is 17.2 Å². The van der Waals surface area contributed by atoms with Gasteiger partial charge in [-0.25, -0.2) is 4.68 Å². The summed E-state index contributed by atoms with van der Waals surface area (Å²) < 4.78 is 57.1. The second-order valence-corrected chi connectivity index (χ2v) is 20.2. The maximum atomic E-state index is 13.3. The number of ether oxygens (including phenoxy) is 5. The number of hydrogen-bond donors (Lipinski definition) is 0. The van der Waals surface area contributed by atoms with Gasteiger partial charge < -0.3 is 23.7 Å². The molecule has 1 heterocycles. The third-order valence-corrected chi connectivity index (χ3v) is 12.5. The molecule has 0 saturated carbocycles. The minimum Gasteiger partial charge on any atom is -0.490 e. The Balaban J connectivity index is 2.06. The van der Waals surface area contributed by atoms with Gasteiger partial charge in [0.05, 0.1) is 65.2 Å². The molecule has 1 aromatic heterocycles. The number of hydrogen-bond acceptors (Lipinski definition) is 8. The lowest BCUT2D eigenvalue weighted by Gasteiger charge is -2.19. The van der Waals surface area contributed by atoms with E-state index in [0.717, 1.165) is 48.7 Å². The van der Waals surface area contributed by atoms with E-state index in [2.05, 4.69) is 43.2 Å². The zero-order valence-corrected chi connectivity index (χ0v) is 41.3. The third kappa shape index (κ3) is 31.6. The van der Waals surface area contributed by atoms with Gasteiger partial charge in [0.2, 0.25) is 13.2 Å². The molecule has 0 saturated heterocycles. The van der Waals surface area contributed by atoms with Gasteiger partial charge in [-0.1, -0.05) is 199 Å². The maximum Gasteiger partial charge on any atom is 0.243 e. The molecule has 360 valence electrons. The van der Waals surface area contributed by atoms with Crippen LogP contribution in [-0.2, 0) is 27.2 Å². The number of aromatic nitrogens is 3. The maximum absolute atomic E-state index is 13.3. The molecular weight excluding hydrogens is 801 g/mol. The Hall–Kier alpha value is -2.16. The third-order valence-electron chi connectivity index (χ3n) is 11.5.